The summed E-state index contributed by atoms with van der Waals surface area (Å²) in [5.74, 6) is 1.38. The minimum atomic E-state index is 0.555. The summed E-state index contributed by atoms with van der Waals surface area (Å²) in [6.07, 6.45) is 1.96. The van der Waals surface area contributed by atoms with Crippen LogP contribution in [-0.4, -0.2) is 12.1 Å². The van der Waals surface area contributed by atoms with Gasteiger partial charge in [0, 0.05) is 0 Å². The third-order valence-electron chi connectivity index (χ3n) is 1.66. The quantitative estimate of drug-likeness (QED) is 0.742. The van der Waals surface area contributed by atoms with Crippen molar-refractivity contribution in [1.29, 1.82) is 0 Å². The van der Waals surface area contributed by atoms with Crippen molar-refractivity contribution in [1.82, 2.24) is 4.98 Å². The maximum absolute atomic E-state index is 5.55. The van der Waals surface area contributed by atoms with Crippen LogP contribution in [0.15, 0.2) is 12.1 Å². The van der Waals surface area contributed by atoms with E-state index in [1.165, 1.54) is 0 Å². The average molecular weight is 166 g/mol. The number of nitrogens with two attached hydrogens (primary N) is 1. The number of ether oxygens (including phenoxy) is 1. The molecule has 0 radical (unpaired) electrons. The molecule has 3 nitrogen and oxygen atoms in total. The Morgan fingerprint density at radius 2 is 2.25 bits per heavy atom. The predicted molar refractivity (Wildman–Crippen MR) is 49.2 cm³/mol. The number of nitrogen functional groups attached to an aromatic ring is 1. The van der Waals surface area contributed by atoms with E-state index in [9.17, 15) is 0 Å². The summed E-state index contributed by atoms with van der Waals surface area (Å²) >= 11 is 0. The highest BCUT2D eigenvalue weighted by Crippen LogP contribution is 2.18. The maximum atomic E-state index is 5.55. The molecule has 1 heterocycles. The number of rotatable bonds is 3. The van der Waals surface area contributed by atoms with Gasteiger partial charge in [-0.3, -0.25) is 0 Å². The molecular weight excluding hydrogens is 152 g/mol. The molecule has 0 aliphatic rings. The molecule has 0 saturated heterocycles. The van der Waals surface area contributed by atoms with Crippen LogP contribution in [0.1, 0.15) is 19.0 Å². The normalized spacial score (nSPS) is 9.83. The van der Waals surface area contributed by atoms with Gasteiger partial charge in [-0.1, -0.05) is 13.3 Å². The van der Waals surface area contributed by atoms with Crippen molar-refractivity contribution in [3.8, 4) is 5.75 Å². The van der Waals surface area contributed by atoms with Crippen LogP contribution >= 0.6 is 0 Å². The number of aromatic nitrogens is 1. The molecule has 1 aromatic heterocycles. The number of anilines is 1. The fourth-order valence-electron chi connectivity index (χ4n) is 1.11. The second-order valence-electron chi connectivity index (χ2n) is 2.64. The number of hydrogen-bond acceptors (Lipinski definition) is 3. The van der Waals surface area contributed by atoms with E-state index in [-0.39, 0.29) is 0 Å². The van der Waals surface area contributed by atoms with Crippen molar-refractivity contribution in [2.45, 2.75) is 19.8 Å². The first kappa shape index (κ1) is 8.84. The van der Waals surface area contributed by atoms with Gasteiger partial charge in [0.1, 0.15) is 11.6 Å². The van der Waals surface area contributed by atoms with Crippen molar-refractivity contribution in [2.24, 2.45) is 0 Å². The molecule has 0 amide bonds. The lowest BCUT2D eigenvalue weighted by atomic mass is 10.2. The van der Waals surface area contributed by atoms with E-state index in [2.05, 4.69) is 11.9 Å². The Hall–Kier alpha value is -1.25. The molecule has 0 saturated carbocycles. The van der Waals surface area contributed by atoms with Gasteiger partial charge >= 0.3 is 0 Å². The van der Waals surface area contributed by atoms with E-state index in [0.29, 0.717) is 5.82 Å². The largest absolute Gasteiger partial charge is 0.495 e. The van der Waals surface area contributed by atoms with Gasteiger partial charge in [-0.25, -0.2) is 4.98 Å². The summed E-state index contributed by atoms with van der Waals surface area (Å²) in [6.45, 7) is 2.10. The van der Waals surface area contributed by atoms with Gasteiger partial charge < -0.3 is 10.5 Å². The molecule has 1 rings (SSSR count). The van der Waals surface area contributed by atoms with Crippen LogP contribution in [0.3, 0.4) is 0 Å². The van der Waals surface area contributed by atoms with Gasteiger partial charge in [-0.2, -0.15) is 0 Å². The minimum absolute atomic E-state index is 0.555. The highest BCUT2D eigenvalue weighted by Gasteiger charge is 2.02. The van der Waals surface area contributed by atoms with E-state index >= 15 is 0 Å². The summed E-state index contributed by atoms with van der Waals surface area (Å²) in [7, 11) is 1.65. The first-order valence-corrected chi connectivity index (χ1v) is 4.07. The van der Waals surface area contributed by atoms with Crippen LogP contribution in [0, 0.1) is 0 Å². The molecular formula is C9H14N2O. The first-order chi connectivity index (χ1) is 5.77. The van der Waals surface area contributed by atoms with Gasteiger partial charge in [-0.15, -0.1) is 0 Å². The summed E-state index contributed by atoms with van der Waals surface area (Å²) in [6, 6.07) is 3.60. The van der Waals surface area contributed by atoms with Gasteiger partial charge in [0.15, 0.2) is 0 Å². The van der Waals surface area contributed by atoms with Crippen LogP contribution in [-0.2, 0) is 6.42 Å². The zero-order valence-electron chi connectivity index (χ0n) is 7.50. The Morgan fingerprint density at radius 1 is 1.50 bits per heavy atom. The van der Waals surface area contributed by atoms with Crippen molar-refractivity contribution < 1.29 is 4.74 Å². The summed E-state index contributed by atoms with van der Waals surface area (Å²) in [4.78, 5) is 4.19. The number of nitrogens with zero attached hydrogens (tertiary/aromatic N) is 1. The van der Waals surface area contributed by atoms with E-state index in [1.807, 2.05) is 6.07 Å². The summed E-state index contributed by atoms with van der Waals surface area (Å²) in [5, 5.41) is 0. The Kier molecular flexibility index (Phi) is 2.91. The van der Waals surface area contributed by atoms with Crippen molar-refractivity contribution in [3.05, 3.63) is 17.8 Å². The topological polar surface area (TPSA) is 48.1 Å². The smallest absolute Gasteiger partial charge is 0.140 e. The van der Waals surface area contributed by atoms with Crippen molar-refractivity contribution in [2.75, 3.05) is 12.8 Å². The van der Waals surface area contributed by atoms with Gasteiger partial charge in [-0.05, 0) is 18.6 Å². The number of pyridine rings is 1. The Labute approximate surface area is 72.6 Å². The molecule has 0 aliphatic carbocycles. The molecule has 3 heteroatoms. The molecule has 0 atom stereocenters. The van der Waals surface area contributed by atoms with Crippen molar-refractivity contribution >= 4 is 5.82 Å². The molecule has 0 aromatic carbocycles. The van der Waals surface area contributed by atoms with Gasteiger partial charge in [0.05, 0.1) is 12.8 Å². The van der Waals surface area contributed by atoms with Crippen LogP contribution in [0.5, 0.6) is 5.75 Å². The standard InChI is InChI=1S/C9H14N2O/c1-3-4-7-8(12-2)5-6-9(10)11-7/h5-6H,3-4H2,1-2H3,(H2,10,11). The zero-order chi connectivity index (χ0) is 8.97. The van der Waals surface area contributed by atoms with Crippen LogP contribution in [0.2, 0.25) is 0 Å². The van der Waals surface area contributed by atoms with Crippen LogP contribution in [0.4, 0.5) is 5.82 Å². The highest BCUT2D eigenvalue weighted by molar-refractivity contribution is 5.38. The number of aryl methyl sites for hydroxylation is 1. The molecule has 0 unspecified atom stereocenters. The molecule has 0 spiro atoms. The number of hydrogen-bond donors (Lipinski definition) is 1. The average Bonchev–Trinajstić information content (AvgIpc) is 2.05. The maximum Gasteiger partial charge on any atom is 0.140 e. The van der Waals surface area contributed by atoms with Crippen LogP contribution < -0.4 is 10.5 Å². The highest BCUT2D eigenvalue weighted by atomic mass is 16.5. The number of methoxy groups -OCH3 is 1. The van der Waals surface area contributed by atoms with E-state index in [1.54, 1.807) is 13.2 Å². The molecule has 2 N–H and O–H groups in total. The second-order valence-corrected chi connectivity index (χ2v) is 2.64. The lowest BCUT2D eigenvalue weighted by Crippen LogP contribution is -1.98. The van der Waals surface area contributed by atoms with E-state index in [0.717, 1.165) is 24.3 Å². The van der Waals surface area contributed by atoms with E-state index < -0.39 is 0 Å². The lowest BCUT2D eigenvalue weighted by Gasteiger charge is -2.06. The lowest BCUT2D eigenvalue weighted by molar-refractivity contribution is 0.406. The second kappa shape index (κ2) is 3.95. The minimum Gasteiger partial charge on any atom is -0.495 e. The Balaban J connectivity index is 2.95. The Bertz CT molecular complexity index is 261. The third kappa shape index (κ3) is 1.87. The van der Waals surface area contributed by atoms with Gasteiger partial charge in [0.25, 0.3) is 0 Å². The Morgan fingerprint density at radius 3 is 2.83 bits per heavy atom. The molecule has 0 bridgehead atoms. The molecule has 0 aliphatic heterocycles. The molecule has 66 valence electrons. The summed E-state index contributed by atoms with van der Waals surface area (Å²) in [5.41, 5.74) is 6.49. The van der Waals surface area contributed by atoms with Gasteiger partial charge in [0.2, 0.25) is 0 Å². The van der Waals surface area contributed by atoms with E-state index in [4.69, 9.17) is 10.5 Å². The molecule has 1 aromatic rings. The van der Waals surface area contributed by atoms with Crippen LogP contribution in [0.25, 0.3) is 0 Å². The monoisotopic (exact) mass is 166 g/mol. The third-order valence-corrected chi connectivity index (χ3v) is 1.66. The molecule has 0 fully saturated rings. The predicted octanol–water partition coefficient (Wildman–Crippen LogP) is 1.62. The van der Waals surface area contributed by atoms with Crippen molar-refractivity contribution in [3.63, 3.8) is 0 Å². The zero-order valence-corrected chi connectivity index (χ0v) is 7.50. The first-order valence-electron chi connectivity index (χ1n) is 4.07. The molecule has 12 heavy (non-hydrogen) atoms. The fraction of sp³-hybridized carbons (Fsp3) is 0.444. The SMILES string of the molecule is CCCc1nc(N)ccc1OC. The fourth-order valence-corrected chi connectivity index (χ4v) is 1.11. The summed E-state index contributed by atoms with van der Waals surface area (Å²) < 4.78 is 5.13.